The van der Waals surface area contributed by atoms with Gasteiger partial charge in [-0.05, 0) is 48.6 Å². The molecule has 0 amide bonds. The SMILES string of the molecule is CC(C)c1ccccc1C1CN(Cc2ccnc3c2NCC2(CC2)O3)CCN1C. The average molecular weight is 393 g/mol. The van der Waals surface area contributed by atoms with E-state index >= 15 is 0 Å². The van der Waals surface area contributed by atoms with Gasteiger partial charge >= 0.3 is 0 Å². The van der Waals surface area contributed by atoms with Gasteiger partial charge in [-0.1, -0.05) is 38.1 Å². The van der Waals surface area contributed by atoms with Crippen molar-refractivity contribution in [2.75, 3.05) is 38.5 Å². The number of hydrogen-bond acceptors (Lipinski definition) is 5. The first kappa shape index (κ1) is 18.9. The van der Waals surface area contributed by atoms with Crippen molar-refractivity contribution in [3.63, 3.8) is 0 Å². The summed E-state index contributed by atoms with van der Waals surface area (Å²) >= 11 is 0. The maximum atomic E-state index is 6.21. The lowest BCUT2D eigenvalue weighted by molar-refractivity contribution is 0.0897. The predicted molar refractivity (Wildman–Crippen MR) is 116 cm³/mol. The van der Waals surface area contributed by atoms with Crippen LogP contribution in [0.3, 0.4) is 0 Å². The quantitative estimate of drug-likeness (QED) is 0.851. The normalized spacial score (nSPS) is 23.5. The topological polar surface area (TPSA) is 40.6 Å². The number of piperazine rings is 1. The molecule has 1 spiro atoms. The van der Waals surface area contributed by atoms with Crippen LogP contribution in [0.5, 0.6) is 5.88 Å². The average Bonchev–Trinajstić information content (AvgIpc) is 3.47. The standard InChI is InChI=1S/C24H32N4O/c1-17(2)19-6-4-5-7-20(19)21-15-28(13-12-27(21)3)14-18-8-11-25-23-22(18)26-16-24(29-23)9-10-24/h4-8,11,17,21,26H,9-10,12-16H2,1-3H3. The summed E-state index contributed by atoms with van der Waals surface area (Å²) in [5, 5.41) is 3.62. The first-order chi connectivity index (χ1) is 14.0. The molecule has 2 aliphatic heterocycles. The van der Waals surface area contributed by atoms with E-state index in [4.69, 9.17) is 4.74 Å². The first-order valence-electron chi connectivity index (χ1n) is 11.0. The molecule has 2 aromatic rings. The van der Waals surface area contributed by atoms with E-state index in [-0.39, 0.29) is 5.60 Å². The lowest BCUT2D eigenvalue weighted by Gasteiger charge is -2.41. The third-order valence-corrected chi connectivity index (χ3v) is 6.81. The number of anilines is 1. The summed E-state index contributed by atoms with van der Waals surface area (Å²) in [5.74, 6) is 1.33. The van der Waals surface area contributed by atoms with Crippen LogP contribution in [0.4, 0.5) is 5.69 Å². The fraction of sp³-hybridized carbons (Fsp3) is 0.542. The summed E-state index contributed by atoms with van der Waals surface area (Å²) in [7, 11) is 2.26. The second kappa shape index (κ2) is 7.29. The number of ether oxygens (including phenoxy) is 1. The Morgan fingerprint density at radius 2 is 2.03 bits per heavy atom. The maximum Gasteiger partial charge on any atom is 0.238 e. The van der Waals surface area contributed by atoms with Crippen molar-refractivity contribution in [3.05, 3.63) is 53.2 Å². The monoisotopic (exact) mass is 392 g/mol. The highest BCUT2D eigenvalue weighted by Gasteiger charge is 2.48. The Hall–Kier alpha value is -2.11. The summed E-state index contributed by atoms with van der Waals surface area (Å²) in [4.78, 5) is 9.60. The van der Waals surface area contributed by atoms with Gasteiger partial charge in [0.1, 0.15) is 11.3 Å². The van der Waals surface area contributed by atoms with Crippen LogP contribution in [0.25, 0.3) is 0 Å². The molecule has 3 aliphatic rings. The first-order valence-corrected chi connectivity index (χ1v) is 11.0. The van der Waals surface area contributed by atoms with Crippen molar-refractivity contribution < 1.29 is 4.74 Å². The van der Waals surface area contributed by atoms with Gasteiger partial charge in [0, 0.05) is 38.4 Å². The van der Waals surface area contributed by atoms with Crippen molar-refractivity contribution >= 4 is 5.69 Å². The molecule has 1 aromatic heterocycles. The molecule has 5 heteroatoms. The fourth-order valence-corrected chi connectivity index (χ4v) is 4.78. The van der Waals surface area contributed by atoms with Crippen LogP contribution in [0.2, 0.25) is 0 Å². The molecule has 5 rings (SSSR count). The zero-order chi connectivity index (χ0) is 20.0. The second-order valence-corrected chi connectivity index (χ2v) is 9.30. The highest BCUT2D eigenvalue weighted by Crippen LogP contribution is 2.46. The fourth-order valence-electron chi connectivity index (χ4n) is 4.78. The molecule has 5 nitrogen and oxygen atoms in total. The van der Waals surface area contributed by atoms with Gasteiger partial charge in [0.15, 0.2) is 0 Å². The Bertz CT molecular complexity index is 892. The molecule has 0 radical (unpaired) electrons. The Labute approximate surface area is 174 Å². The van der Waals surface area contributed by atoms with E-state index in [2.05, 4.69) is 71.3 Å². The minimum Gasteiger partial charge on any atom is -0.468 e. The molecule has 1 saturated heterocycles. The number of benzene rings is 1. The zero-order valence-corrected chi connectivity index (χ0v) is 17.8. The maximum absolute atomic E-state index is 6.21. The van der Waals surface area contributed by atoms with Gasteiger partial charge in [0.05, 0.1) is 6.54 Å². The molecule has 1 saturated carbocycles. The number of fused-ring (bicyclic) bond motifs is 1. The molecule has 1 atom stereocenters. The molecule has 1 unspecified atom stereocenters. The van der Waals surface area contributed by atoms with Crippen molar-refractivity contribution in [3.8, 4) is 5.88 Å². The Kier molecular flexibility index (Phi) is 4.75. The van der Waals surface area contributed by atoms with Crippen LogP contribution in [0.1, 0.15) is 55.3 Å². The highest BCUT2D eigenvalue weighted by atomic mass is 16.5. The smallest absolute Gasteiger partial charge is 0.238 e. The van der Waals surface area contributed by atoms with Crippen molar-refractivity contribution in [1.29, 1.82) is 0 Å². The molecule has 29 heavy (non-hydrogen) atoms. The molecule has 1 aromatic carbocycles. The Morgan fingerprint density at radius 3 is 2.83 bits per heavy atom. The summed E-state index contributed by atoms with van der Waals surface area (Å²) in [5.41, 5.74) is 5.37. The Balaban J connectivity index is 1.36. The molecule has 1 aliphatic carbocycles. The zero-order valence-electron chi connectivity index (χ0n) is 17.8. The van der Waals surface area contributed by atoms with Crippen LogP contribution >= 0.6 is 0 Å². The van der Waals surface area contributed by atoms with Crippen LogP contribution in [-0.2, 0) is 6.54 Å². The number of nitrogens with zero attached hydrogens (tertiary/aromatic N) is 3. The number of nitrogens with one attached hydrogen (secondary N) is 1. The van der Waals surface area contributed by atoms with E-state index in [0.29, 0.717) is 12.0 Å². The highest BCUT2D eigenvalue weighted by molar-refractivity contribution is 5.61. The van der Waals surface area contributed by atoms with E-state index in [9.17, 15) is 0 Å². The minimum absolute atomic E-state index is 0.0259. The van der Waals surface area contributed by atoms with Gasteiger partial charge in [-0.25, -0.2) is 4.98 Å². The molecule has 2 fully saturated rings. The molecule has 3 heterocycles. The van der Waals surface area contributed by atoms with E-state index in [1.165, 1.54) is 16.7 Å². The van der Waals surface area contributed by atoms with Crippen molar-refractivity contribution in [2.24, 2.45) is 0 Å². The number of likely N-dealkylation sites (N-methyl/N-ethyl adjacent to an activating group) is 1. The van der Waals surface area contributed by atoms with E-state index in [1.807, 2.05) is 6.20 Å². The third-order valence-electron chi connectivity index (χ3n) is 6.81. The predicted octanol–water partition coefficient (Wildman–Crippen LogP) is 4.03. The molecule has 1 N–H and O–H groups in total. The second-order valence-electron chi connectivity index (χ2n) is 9.30. The largest absolute Gasteiger partial charge is 0.468 e. The molecule has 154 valence electrons. The number of pyridine rings is 1. The number of hydrogen-bond donors (Lipinski definition) is 1. The van der Waals surface area contributed by atoms with Gasteiger partial charge in [0.25, 0.3) is 0 Å². The molecular formula is C24H32N4O. The van der Waals surface area contributed by atoms with Crippen molar-refractivity contribution in [2.45, 2.75) is 50.8 Å². The van der Waals surface area contributed by atoms with Gasteiger partial charge in [-0.15, -0.1) is 0 Å². The van der Waals surface area contributed by atoms with E-state index in [1.54, 1.807) is 0 Å². The van der Waals surface area contributed by atoms with Crippen LogP contribution in [0, 0.1) is 0 Å². The summed E-state index contributed by atoms with van der Waals surface area (Å²) < 4.78 is 6.21. The lowest BCUT2D eigenvalue weighted by atomic mass is 9.91. The van der Waals surface area contributed by atoms with E-state index in [0.717, 1.165) is 57.1 Å². The third kappa shape index (κ3) is 3.62. The molecular weight excluding hydrogens is 360 g/mol. The molecule has 0 bridgehead atoms. The van der Waals surface area contributed by atoms with Crippen LogP contribution in [0.15, 0.2) is 36.5 Å². The van der Waals surface area contributed by atoms with Gasteiger partial charge < -0.3 is 10.1 Å². The summed E-state index contributed by atoms with van der Waals surface area (Å²) in [6, 6.07) is 11.5. The van der Waals surface area contributed by atoms with Crippen LogP contribution < -0.4 is 10.1 Å². The van der Waals surface area contributed by atoms with Gasteiger partial charge in [-0.2, -0.15) is 0 Å². The van der Waals surface area contributed by atoms with Crippen molar-refractivity contribution in [1.82, 2.24) is 14.8 Å². The minimum atomic E-state index is 0.0259. The van der Waals surface area contributed by atoms with Gasteiger partial charge in [-0.3, -0.25) is 9.80 Å². The number of aromatic nitrogens is 1. The van der Waals surface area contributed by atoms with Crippen LogP contribution in [-0.4, -0.2) is 53.6 Å². The van der Waals surface area contributed by atoms with E-state index < -0.39 is 0 Å². The summed E-state index contributed by atoms with van der Waals surface area (Å²) in [6.45, 7) is 9.63. The van der Waals surface area contributed by atoms with Gasteiger partial charge in [0.2, 0.25) is 5.88 Å². The number of rotatable bonds is 4. The Morgan fingerprint density at radius 1 is 1.21 bits per heavy atom. The lowest BCUT2D eigenvalue weighted by Crippen LogP contribution is -2.46. The summed E-state index contributed by atoms with van der Waals surface area (Å²) in [6.07, 6.45) is 4.18.